The van der Waals surface area contributed by atoms with Crippen molar-refractivity contribution >= 4 is 52.5 Å². The summed E-state index contributed by atoms with van der Waals surface area (Å²) < 4.78 is 64.6. The van der Waals surface area contributed by atoms with E-state index < -0.39 is 25.8 Å². The number of sulfonamides is 1. The highest BCUT2D eigenvalue weighted by Crippen LogP contribution is 2.29. The number of thiazole rings is 1. The Morgan fingerprint density at radius 3 is 2.47 bits per heavy atom. The predicted molar refractivity (Wildman–Crippen MR) is 119 cm³/mol. The summed E-state index contributed by atoms with van der Waals surface area (Å²) in [5.74, 6) is -1.04. The zero-order chi connectivity index (χ0) is 23.1. The second-order valence-electron chi connectivity index (χ2n) is 7.55. The Kier molecular flexibility index (Phi) is 6.05. The van der Waals surface area contributed by atoms with Gasteiger partial charge in [-0.3, -0.25) is 4.79 Å². The van der Waals surface area contributed by atoms with E-state index in [1.165, 1.54) is 46.0 Å². The van der Waals surface area contributed by atoms with Crippen molar-refractivity contribution in [3.63, 3.8) is 0 Å². The quantitative estimate of drug-likeness (QED) is 0.580. The van der Waals surface area contributed by atoms with E-state index in [1.54, 1.807) is 6.07 Å². The standard InChI is InChI=1S/C20H20FN3O5S3/c1-31(26,27)15-3-2-4-16(12-15)32(28,29)24-9-7-13(8-10-24)19(25)23-20-22-17-6-5-14(21)11-18(17)30-20/h2-6,11-13H,7-10H2,1H3,(H,22,23,25). The Morgan fingerprint density at radius 1 is 1.09 bits per heavy atom. The van der Waals surface area contributed by atoms with Crippen LogP contribution in [0.5, 0.6) is 0 Å². The summed E-state index contributed by atoms with van der Waals surface area (Å²) in [7, 11) is -7.42. The zero-order valence-corrected chi connectivity index (χ0v) is 19.4. The molecule has 0 aliphatic carbocycles. The van der Waals surface area contributed by atoms with E-state index in [9.17, 15) is 26.0 Å². The van der Waals surface area contributed by atoms with Crippen LogP contribution in [0.2, 0.25) is 0 Å². The first-order valence-corrected chi connectivity index (χ1v) is 13.9. The molecule has 12 heteroatoms. The van der Waals surface area contributed by atoms with Crippen molar-refractivity contribution in [3.8, 4) is 0 Å². The van der Waals surface area contributed by atoms with Crippen LogP contribution >= 0.6 is 11.3 Å². The fraction of sp³-hybridized carbons (Fsp3) is 0.300. The van der Waals surface area contributed by atoms with Crippen LogP contribution in [0.4, 0.5) is 9.52 Å². The van der Waals surface area contributed by atoms with Crippen molar-refractivity contribution in [3.05, 3.63) is 48.3 Å². The molecule has 1 aromatic heterocycles. The molecule has 1 N–H and O–H groups in total. The van der Waals surface area contributed by atoms with E-state index in [-0.39, 0.29) is 34.6 Å². The van der Waals surface area contributed by atoms with Crippen LogP contribution in [0.25, 0.3) is 10.2 Å². The summed E-state index contributed by atoms with van der Waals surface area (Å²) in [5.41, 5.74) is 0.587. The lowest BCUT2D eigenvalue weighted by molar-refractivity contribution is -0.120. The maximum Gasteiger partial charge on any atom is 0.243 e. The summed E-state index contributed by atoms with van der Waals surface area (Å²) in [5, 5.41) is 3.11. The van der Waals surface area contributed by atoms with Crippen LogP contribution in [0.15, 0.2) is 52.3 Å². The molecule has 170 valence electrons. The van der Waals surface area contributed by atoms with Crippen molar-refractivity contribution in [1.29, 1.82) is 0 Å². The van der Waals surface area contributed by atoms with Gasteiger partial charge in [-0.2, -0.15) is 4.31 Å². The van der Waals surface area contributed by atoms with Gasteiger partial charge in [-0.05, 0) is 49.2 Å². The maximum atomic E-state index is 13.3. The van der Waals surface area contributed by atoms with Gasteiger partial charge in [0.1, 0.15) is 5.82 Å². The van der Waals surface area contributed by atoms with Gasteiger partial charge in [-0.15, -0.1) is 0 Å². The lowest BCUT2D eigenvalue weighted by Gasteiger charge is -2.30. The number of rotatable bonds is 5. The monoisotopic (exact) mass is 497 g/mol. The molecule has 32 heavy (non-hydrogen) atoms. The van der Waals surface area contributed by atoms with Gasteiger partial charge >= 0.3 is 0 Å². The third kappa shape index (κ3) is 4.68. The highest BCUT2D eigenvalue weighted by atomic mass is 32.2. The van der Waals surface area contributed by atoms with E-state index in [1.807, 2.05) is 0 Å². The van der Waals surface area contributed by atoms with Gasteiger partial charge in [-0.25, -0.2) is 26.2 Å². The molecule has 1 aliphatic rings. The zero-order valence-electron chi connectivity index (χ0n) is 17.0. The van der Waals surface area contributed by atoms with Gasteiger partial charge in [0.15, 0.2) is 15.0 Å². The Hall–Kier alpha value is -2.41. The highest BCUT2D eigenvalue weighted by molar-refractivity contribution is 7.91. The van der Waals surface area contributed by atoms with Crippen molar-refractivity contribution in [2.24, 2.45) is 5.92 Å². The van der Waals surface area contributed by atoms with Gasteiger partial charge in [0, 0.05) is 25.3 Å². The summed E-state index contributed by atoms with van der Waals surface area (Å²) in [6.45, 7) is 0.267. The average molecular weight is 498 g/mol. The van der Waals surface area contributed by atoms with Crippen LogP contribution in [0.1, 0.15) is 12.8 Å². The van der Waals surface area contributed by atoms with Crippen LogP contribution < -0.4 is 5.32 Å². The SMILES string of the molecule is CS(=O)(=O)c1cccc(S(=O)(=O)N2CCC(C(=O)Nc3nc4ccc(F)cc4s3)CC2)c1. The number of carbonyl (C=O) groups excluding carboxylic acids is 1. The summed E-state index contributed by atoms with van der Waals surface area (Å²) in [6, 6.07) is 9.45. The molecule has 1 amide bonds. The van der Waals surface area contributed by atoms with E-state index >= 15 is 0 Å². The van der Waals surface area contributed by atoms with E-state index in [0.717, 1.165) is 12.3 Å². The number of nitrogens with zero attached hydrogens (tertiary/aromatic N) is 2. The average Bonchev–Trinajstić information content (AvgIpc) is 3.14. The van der Waals surface area contributed by atoms with Crippen LogP contribution in [0, 0.1) is 11.7 Å². The summed E-state index contributed by atoms with van der Waals surface area (Å²) in [6.07, 6.45) is 1.65. The molecular formula is C20H20FN3O5S3. The Balaban J connectivity index is 1.42. The number of amides is 1. The van der Waals surface area contributed by atoms with Crippen molar-refractivity contribution in [1.82, 2.24) is 9.29 Å². The summed E-state index contributed by atoms with van der Waals surface area (Å²) in [4.78, 5) is 16.8. The minimum absolute atomic E-state index is 0.0662. The molecule has 2 heterocycles. The van der Waals surface area contributed by atoms with E-state index in [4.69, 9.17) is 0 Å². The third-order valence-corrected chi connectivity index (χ3v) is 9.22. The molecule has 1 aliphatic heterocycles. The number of halogens is 1. The Morgan fingerprint density at radius 2 is 1.78 bits per heavy atom. The van der Waals surface area contributed by atoms with Crippen LogP contribution in [-0.2, 0) is 24.7 Å². The molecule has 0 saturated carbocycles. The van der Waals surface area contributed by atoms with Gasteiger partial charge in [0.25, 0.3) is 0 Å². The number of carbonyl (C=O) groups is 1. The second-order valence-corrected chi connectivity index (χ2v) is 12.5. The number of benzene rings is 2. The molecule has 0 spiro atoms. The smallest absolute Gasteiger partial charge is 0.243 e. The van der Waals surface area contributed by atoms with Gasteiger partial charge in [0.05, 0.1) is 20.0 Å². The van der Waals surface area contributed by atoms with Crippen molar-refractivity contribution < 1.29 is 26.0 Å². The third-order valence-electron chi connectivity index (χ3n) is 5.28. The number of aromatic nitrogens is 1. The van der Waals surface area contributed by atoms with Gasteiger partial charge in [-0.1, -0.05) is 17.4 Å². The predicted octanol–water partition coefficient (Wildman–Crippen LogP) is 2.88. The fourth-order valence-corrected chi connectivity index (χ4v) is 6.68. The molecule has 1 fully saturated rings. The largest absolute Gasteiger partial charge is 0.302 e. The number of fused-ring (bicyclic) bond motifs is 1. The van der Waals surface area contributed by atoms with Crippen molar-refractivity contribution in [2.75, 3.05) is 24.7 Å². The molecule has 1 saturated heterocycles. The molecule has 0 radical (unpaired) electrons. The maximum absolute atomic E-state index is 13.3. The minimum Gasteiger partial charge on any atom is -0.302 e. The first kappa shape index (κ1) is 22.8. The second kappa shape index (κ2) is 8.50. The van der Waals surface area contributed by atoms with Gasteiger partial charge < -0.3 is 5.32 Å². The van der Waals surface area contributed by atoms with Crippen molar-refractivity contribution in [2.45, 2.75) is 22.6 Å². The summed E-state index contributed by atoms with van der Waals surface area (Å²) >= 11 is 1.17. The molecule has 0 bridgehead atoms. The number of sulfone groups is 1. The molecule has 4 rings (SSSR count). The first-order valence-electron chi connectivity index (χ1n) is 9.71. The van der Waals surface area contributed by atoms with Gasteiger partial charge in [0.2, 0.25) is 15.9 Å². The van der Waals surface area contributed by atoms with E-state index in [0.29, 0.717) is 28.2 Å². The van der Waals surface area contributed by atoms with Crippen LogP contribution in [0.3, 0.4) is 0 Å². The van der Waals surface area contributed by atoms with E-state index in [2.05, 4.69) is 10.3 Å². The highest BCUT2D eigenvalue weighted by Gasteiger charge is 2.32. The lowest BCUT2D eigenvalue weighted by atomic mass is 9.97. The fourth-order valence-electron chi connectivity index (χ4n) is 3.53. The number of piperidine rings is 1. The number of hydrogen-bond donors (Lipinski definition) is 1. The van der Waals surface area contributed by atoms with Crippen LogP contribution in [-0.4, -0.2) is 51.4 Å². The molecule has 0 atom stereocenters. The normalized spacial score (nSPS) is 16.3. The number of anilines is 1. The molecule has 3 aromatic rings. The molecule has 2 aromatic carbocycles. The number of hydrogen-bond acceptors (Lipinski definition) is 7. The molecule has 0 unspecified atom stereocenters. The lowest BCUT2D eigenvalue weighted by Crippen LogP contribution is -2.41. The minimum atomic E-state index is -3.88. The number of nitrogens with one attached hydrogen (secondary N) is 1. The first-order chi connectivity index (χ1) is 15.0. The topological polar surface area (TPSA) is 114 Å². The Bertz CT molecular complexity index is 1390. The molecule has 8 nitrogen and oxygen atoms in total. The molecular weight excluding hydrogens is 477 g/mol. The Labute approximate surface area is 189 Å².